The molecule has 0 spiro atoms. The molecule has 0 fully saturated rings. The number of rotatable bonds is 48. The quantitative estimate of drug-likeness (QED) is 0.0322. The third-order valence-electron chi connectivity index (χ3n) is 12.3. The minimum atomic E-state index is -0.784. The van der Waals surface area contributed by atoms with E-state index < -0.39 is 18.2 Å². The number of unbranched alkanes of at least 4 members (excludes halogenated alkanes) is 32. The van der Waals surface area contributed by atoms with E-state index in [1.165, 1.54) is 180 Å². The Morgan fingerprint density at radius 1 is 0.483 bits per heavy atom. The van der Waals surface area contributed by atoms with Crippen LogP contribution in [0.15, 0.2) is 24.3 Å². The van der Waals surface area contributed by atoms with Gasteiger partial charge < -0.3 is 20.3 Å². The first-order valence-electron chi connectivity index (χ1n) is 26.6. The van der Waals surface area contributed by atoms with Gasteiger partial charge in [0.05, 0.1) is 25.2 Å². The Morgan fingerprint density at radius 3 is 1.30 bits per heavy atom. The average Bonchev–Trinajstić information content (AvgIpc) is 3.24. The molecule has 0 aliphatic heterocycles. The lowest BCUT2D eigenvalue weighted by atomic mass is 10.0. The van der Waals surface area contributed by atoms with Crippen LogP contribution in [0.4, 0.5) is 0 Å². The highest BCUT2D eigenvalue weighted by Gasteiger charge is 2.24. The second kappa shape index (κ2) is 48.4. The summed E-state index contributed by atoms with van der Waals surface area (Å²) < 4.78 is 5.93. The highest BCUT2D eigenvalue weighted by molar-refractivity contribution is 5.77. The summed E-state index contributed by atoms with van der Waals surface area (Å²) in [6.07, 6.45) is 55.2. The summed E-state index contributed by atoms with van der Waals surface area (Å²) in [6.45, 7) is 6.47. The molecule has 3 N–H and O–H groups in total. The minimum Gasteiger partial charge on any atom is -0.462 e. The summed E-state index contributed by atoms with van der Waals surface area (Å²) in [7, 11) is 0. The number of hydrogen-bond acceptors (Lipinski definition) is 5. The Kier molecular flexibility index (Phi) is 47.0. The molecule has 0 saturated carbocycles. The Balaban J connectivity index is 4.46. The second-order valence-corrected chi connectivity index (χ2v) is 18.3. The molecule has 3 atom stereocenters. The molecule has 0 aromatic carbocycles. The molecule has 6 heteroatoms. The van der Waals surface area contributed by atoms with Crippen LogP contribution in [-0.2, 0) is 14.3 Å². The van der Waals surface area contributed by atoms with Crippen LogP contribution in [0.5, 0.6) is 0 Å². The van der Waals surface area contributed by atoms with Gasteiger partial charge in [-0.15, -0.1) is 0 Å². The van der Waals surface area contributed by atoms with Gasteiger partial charge in [0.2, 0.25) is 5.91 Å². The summed E-state index contributed by atoms with van der Waals surface area (Å²) >= 11 is 0. The number of aliphatic hydroxyl groups excluding tert-OH is 2. The third-order valence-corrected chi connectivity index (χ3v) is 12.3. The molecular weight excluding hydrogens is 743 g/mol. The predicted molar refractivity (Wildman–Crippen MR) is 260 cm³/mol. The van der Waals surface area contributed by atoms with E-state index in [2.05, 4.69) is 50.4 Å². The Morgan fingerprint density at radius 2 is 0.850 bits per heavy atom. The SMILES string of the molecule is CCCCC/C=C\C/C=C\CCCCCCCCCC(=O)OC(CCCCCCCCCCCC)CC(=O)NC(CO)C(O)CCCCCCCCCCCCCCCC. The van der Waals surface area contributed by atoms with Gasteiger partial charge in [-0.25, -0.2) is 0 Å². The number of carbonyl (C=O) groups is 2. The predicted octanol–water partition coefficient (Wildman–Crippen LogP) is 15.9. The zero-order valence-corrected chi connectivity index (χ0v) is 40.4. The zero-order valence-electron chi connectivity index (χ0n) is 40.4. The van der Waals surface area contributed by atoms with E-state index in [9.17, 15) is 19.8 Å². The Hall–Kier alpha value is -1.66. The van der Waals surface area contributed by atoms with E-state index >= 15 is 0 Å². The fourth-order valence-corrected chi connectivity index (χ4v) is 8.23. The Labute approximate surface area is 373 Å². The van der Waals surface area contributed by atoms with Crippen molar-refractivity contribution >= 4 is 11.9 Å². The van der Waals surface area contributed by atoms with Crippen molar-refractivity contribution in [3.05, 3.63) is 24.3 Å². The van der Waals surface area contributed by atoms with Crippen molar-refractivity contribution in [2.24, 2.45) is 0 Å². The monoisotopic (exact) mass is 846 g/mol. The molecule has 0 rings (SSSR count). The van der Waals surface area contributed by atoms with Crippen molar-refractivity contribution in [3.8, 4) is 0 Å². The van der Waals surface area contributed by atoms with Crippen LogP contribution in [-0.4, -0.2) is 46.9 Å². The number of aliphatic hydroxyl groups is 2. The first-order chi connectivity index (χ1) is 29.5. The van der Waals surface area contributed by atoms with Gasteiger partial charge in [0, 0.05) is 6.42 Å². The van der Waals surface area contributed by atoms with Crippen molar-refractivity contribution in [1.29, 1.82) is 0 Å². The molecule has 0 bridgehead atoms. The van der Waals surface area contributed by atoms with Gasteiger partial charge in [-0.05, 0) is 57.8 Å². The molecule has 0 aromatic rings. The van der Waals surface area contributed by atoms with Crippen molar-refractivity contribution < 1.29 is 24.5 Å². The molecule has 0 saturated heterocycles. The van der Waals surface area contributed by atoms with E-state index in [-0.39, 0.29) is 24.9 Å². The fourth-order valence-electron chi connectivity index (χ4n) is 8.23. The van der Waals surface area contributed by atoms with Crippen molar-refractivity contribution in [2.75, 3.05) is 6.61 Å². The maximum Gasteiger partial charge on any atom is 0.306 e. The first kappa shape index (κ1) is 58.3. The van der Waals surface area contributed by atoms with Gasteiger partial charge in [-0.1, -0.05) is 238 Å². The van der Waals surface area contributed by atoms with Crippen LogP contribution in [0.2, 0.25) is 0 Å². The minimum absolute atomic E-state index is 0.0795. The topological polar surface area (TPSA) is 95.9 Å². The fraction of sp³-hybridized carbons (Fsp3) is 0.889. The summed E-state index contributed by atoms with van der Waals surface area (Å²) in [6, 6.07) is -0.697. The van der Waals surface area contributed by atoms with E-state index in [0.29, 0.717) is 19.3 Å². The van der Waals surface area contributed by atoms with Gasteiger partial charge in [0.15, 0.2) is 0 Å². The van der Waals surface area contributed by atoms with Crippen molar-refractivity contribution in [3.63, 3.8) is 0 Å². The van der Waals surface area contributed by atoms with Crippen LogP contribution in [0.25, 0.3) is 0 Å². The number of amides is 1. The largest absolute Gasteiger partial charge is 0.462 e. The average molecular weight is 846 g/mol. The molecule has 0 heterocycles. The number of carbonyl (C=O) groups excluding carboxylic acids is 2. The van der Waals surface area contributed by atoms with Crippen LogP contribution in [0.3, 0.4) is 0 Å². The lowest BCUT2D eigenvalue weighted by Crippen LogP contribution is -2.46. The lowest BCUT2D eigenvalue weighted by Gasteiger charge is -2.24. The number of ether oxygens (including phenoxy) is 1. The standard InChI is InChI=1S/C54H103NO5/c1-4-7-10-13-16-19-22-24-26-27-28-30-32-35-38-41-44-47-54(59)60-50(45-42-39-36-33-21-18-15-12-9-6-3)48-53(58)55-51(49-56)52(57)46-43-40-37-34-31-29-25-23-20-17-14-11-8-5-2/h16,19,24,26,50-52,56-57H,4-15,17-18,20-23,25,27-49H2,1-3H3,(H,55,58)/b19-16-,26-24-. The van der Waals surface area contributed by atoms with Gasteiger partial charge in [0.1, 0.15) is 6.10 Å². The molecule has 354 valence electrons. The Bertz CT molecular complexity index is 950. The summed E-state index contributed by atoms with van der Waals surface area (Å²) in [4.78, 5) is 26.1. The highest BCUT2D eigenvalue weighted by atomic mass is 16.5. The molecule has 60 heavy (non-hydrogen) atoms. The van der Waals surface area contributed by atoms with Gasteiger partial charge in [-0.3, -0.25) is 9.59 Å². The van der Waals surface area contributed by atoms with Crippen LogP contribution in [0.1, 0.15) is 284 Å². The van der Waals surface area contributed by atoms with E-state index in [1.54, 1.807) is 0 Å². The van der Waals surface area contributed by atoms with Crippen molar-refractivity contribution in [1.82, 2.24) is 5.32 Å². The molecule has 0 aromatic heterocycles. The normalized spacial score (nSPS) is 13.3. The maximum absolute atomic E-state index is 13.2. The molecule has 1 amide bonds. The van der Waals surface area contributed by atoms with E-state index in [0.717, 1.165) is 57.8 Å². The summed E-state index contributed by atoms with van der Waals surface area (Å²) in [5.41, 5.74) is 0. The number of nitrogens with one attached hydrogen (secondary N) is 1. The summed E-state index contributed by atoms with van der Waals surface area (Å²) in [5, 5.41) is 23.8. The molecular formula is C54H103NO5. The van der Waals surface area contributed by atoms with Gasteiger partial charge in [0.25, 0.3) is 0 Å². The number of hydrogen-bond donors (Lipinski definition) is 3. The lowest BCUT2D eigenvalue weighted by molar-refractivity contribution is -0.151. The highest BCUT2D eigenvalue weighted by Crippen LogP contribution is 2.18. The van der Waals surface area contributed by atoms with Crippen LogP contribution in [0, 0.1) is 0 Å². The smallest absolute Gasteiger partial charge is 0.306 e. The molecule has 6 nitrogen and oxygen atoms in total. The molecule has 0 aliphatic carbocycles. The first-order valence-corrected chi connectivity index (χ1v) is 26.6. The number of allylic oxidation sites excluding steroid dienone is 4. The van der Waals surface area contributed by atoms with Crippen molar-refractivity contribution in [2.45, 2.75) is 302 Å². The zero-order chi connectivity index (χ0) is 43.8. The molecule has 3 unspecified atom stereocenters. The summed E-state index contributed by atoms with van der Waals surface area (Å²) in [5.74, 6) is -0.469. The molecule has 0 radical (unpaired) electrons. The maximum atomic E-state index is 13.2. The van der Waals surface area contributed by atoms with E-state index in [4.69, 9.17) is 4.74 Å². The van der Waals surface area contributed by atoms with Gasteiger partial charge in [-0.2, -0.15) is 0 Å². The molecule has 0 aliphatic rings. The number of esters is 1. The third kappa shape index (κ3) is 43.0. The van der Waals surface area contributed by atoms with Crippen LogP contribution < -0.4 is 5.32 Å². The van der Waals surface area contributed by atoms with Crippen LogP contribution >= 0.6 is 0 Å². The second-order valence-electron chi connectivity index (χ2n) is 18.3. The van der Waals surface area contributed by atoms with E-state index in [1.807, 2.05) is 0 Å². The van der Waals surface area contributed by atoms with Gasteiger partial charge >= 0.3 is 5.97 Å².